The molecular weight excluding hydrogens is 568 g/mol. The zero-order chi connectivity index (χ0) is 31.5. The lowest BCUT2D eigenvalue weighted by Gasteiger charge is -2.25. The quantitative estimate of drug-likeness (QED) is 0.0711. The van der Waals surface area contributed by atoms with E-state index < -0.39 is 47.9 Å². The lowest BCUT2D eigenvalue weighted by molar-refractivity contribution is -0.142. The van der Waals surface area contributed by atoms with Gasteiger partial charge in [0.2, 0.25) is 17.7 Å². The van der Waals surface area contributed by atoms with E-state index in [0.29, 0.717) is 30.8 Å². The fourth-order valence-corrected chi connectivity index (χ4v) is 4.86. The summed E-state index contributed by atoms with van der Waals surface area (Å²) >= 11 is 0. The number of imidazole rings is 2. The van der Waals surface area contributed by atoms with E-state index in [1.54, 1.807) is 12.4 Å². The SMILES string of the molecule is NCCCCC(NC(=O)C(N)Cc1cnc[nH]1)C(=O)NC(Cc1c[nH]c2ccccc12)C(=O)NC(Cc1cnc[nH]1)C(=O)O. The highest BCUT2D eigenvalue weighted by atomic mass is 16.4. The van der Waals surface area contributed by atoms with Gasteiger partial charge < -0.3 is 47.5 Å². The second kappa shape index (κ2) is 15.5. The number of rotatable bonds is 17. The lowest BCUT2D eigenvalue weighted by atomic mass is 10.0. The number of unbranched alkanes of at least 4 members (excludes halogenated alkanes) is 1. The molecule has 0 fully saturated rings. The van der Waals surface area contributed by atoms with E-state index in [4.69, 9.17) is 11.5 Å². The summed E-state index contributed by atoms with van der Waals surface area (Å²) < 4.78 is 0. The molecule has 0 radical (unpaired) electrons. The first kappa shape index (κ1) is 31.9. The molecule has 11 N–H and O–H groups in total. The van der Waals surface area contributed by atoms with Gasteiger partial charge in [0.15, 0.2) is 0 Å². The zero-order valence-corrected chi connectivity index (χ0v) is 24.1. The number of nitrogens with one attached hydrogen (secondary N) is 6. The number of aromatic nitrogens is 5. The molecule has 0 saturated heterocycles. The van der Waals surface area contributed by atoms with Crippen LogP contribution in [0.25, 0.3) is 10.9 Å². The number of H-pyrrole nitrogens is 3. The van der Waals surface area contributed by atoms with Gasteiger partial charge >= 0.3 is 5.97 Å². The topological polar surface area (TPSA) is 250 Å². The summed E-state index contributed by atoms with van der Waals surface area (Å²) in [5.74, 6) is -3.10. The second-order valence-corrected chi connectivity index (χ2v) is 10.5. The molecule has 3 aromatic heterocycles. The third-order valence-electron chi connectivity index (χ3n) is 7.24. The van der Waals surface area contributed by atoms with E-state index in [-0.39, 0.29) is 25.7 Å². The predicted molar refractivity (Wildman–Crippen MR) is 161 cm³/mol. The highest BCUT2D eigenvalue weighted by molar-refractivity contribution is 5.95. The van der Waals surface area contributed by atoms with E-state index in [1.165, 1.54) is 18.9 Å². The van der Waals surface area contributed by atoms with Crippen LogP contribution in [-0.2, 0) is 38.4 Å². The molecule has 3 amide bonds. The van der Waals surface area contributed by atoms with Crippen LogP contribution in [0.4, 0.5) is 0 Å². The van der Waals surface area contributed by atoms with Crippen molar-refractivity contribution >= 4 is 34.6 Å². The van der Waals surface area contributed by atoms with Gasteiger partial charge in [-0.2, -0.15) is 0 Å². The molecule has 4 unspecified atom stereocenters. The minimum absolute atomic E-state index is 0.0409. The minimum atomic E-state index is -1.29. The Morgan fingerprint density at radius 2 is 1.43 bits per heavy atom. The lowest BCUT2D eigenvalue weighted by Crippen LogP contribution is -2.58. The van der Waals surface area contributed by atoms with Crippen molar-refractivity contribution in [1.29, 1.82) is 0 Å². The van der Waals surface area contributed by atoms with Gasteiger partial charge in [-0.15, -0.1) is 0 Å². The second-order valence-electron chi connectivity index (χ2n) is 10.5. The van der Waals surface area contributed by atoms with Crippen molar-refractivity contribution in [2.45, 2.75) is 62.7 Å². The number of carboxylic acids is 1. The number of aromatic amines is 3. The number of benzene rings is 1. The van der Waals surface area contributed by atoms with E-state index >= 15 is 0 Å². The largest absolute Gasteiger partial charge is 0.480 e. The van der Waals surface area contributed by atoms with Crippen LogP contribution in [0.2, 0.25) is 0 Å². The zero-order valence-electron chi connectivity index (χ0n) is 24.1. The molecule has 44 heavy (non-hydrogen) atoms. The number of carbonyl (C=O) groups excluding carboxylic acids is 3. The molecule has 0 spiro atoms. The monoisotopic (exact) mass is 606 g/mol. The maximum Gasteiger partial charge on any atom is 0.326 e. The molecule has 1 aromatic carbocycles. The van der Waals surface area contributed by atoms with Gasteiger partial charge in [-0.25, -0.2) is 14.8 Å². The average Bonchev–Trinajstić information content (AvgIpc) is 3.79. The van der Waals surface area contributed by atoms with Gasteiger partial charge in [-0.05, 0) is 37.4 Å². The number of carboxylic acid groups (broad SMARTS) is 1. The van der Waals surface area contributed by atoms with E-state index in [1.807, 2.05) is 24.3 Å². The number of para-hydroxylation sites is 1. The van der Waals surface area contributed by atoms with Crippen molar-refractivity contribution in [2.75, 3.05) is 6.54 Å². The van der Waals surface area contributed by atoms with Crippen LogP contribution in [0.3, 0.4) is 0 Å². The number of hydrogen-bond acceptors (Lipinski definition) is 8. The maximum atomic E-state index is 13.7. The van der Waals surface area contributed by atoms with Gasteiger partial charge in [0.05, 0.1) is 18.7 Å². The standard InChI is InChI=1S/C29H38N10O5/c30-8-4-3-7-23(37-26(40)21(31)10-18-13-32-15-35-18)27(41)38-24(9-17-12-34-22-6-2-1-5-20(17)22)28(42)39-25(29(43)44)11-19-14-33-16-36-19/h1-2,5-6,12-16,21,23-25,34H,3-4,7-11,30-31H2,(H,32,35)(H,33,36)(H,37,40)(H,38,41)(H,39,42)(H,43,44). The first-order valence-electron chi connectivity index (χ1n) is 14.3. The fraction of sp³-hybridized carbons (Fsp3) is 0.379. The molecule has 0 aliphatic rings. The Labute approximate surface area is 253 Å². The average molecular weight is 607 g/mol. The highest BCUT2D eigenvalue weighted by Crippen LogP contribution is 2.19. The molecule has 4 atom stereocenters. The molecule has 4 aromatic rings. The Morgan fingerprint density at radius 3 is 2.09 bits per heavy atom. The maximum absolute atomic E-state index is 13.7. The van der Waals surface area contributed by atoms with Crippen molar-refractivity contribution in [2.24, 2.45) is 11.5 Å². The fourth-order valence-electron chi connectivity index (χ4n) is 4.86. The smallest absolute Gasteiger partial charge is 0.326 e. The molecule has 0 aliphatic carbocycles. The number of nitrogens with zero attached hydrogens (tertiary/aromatic N) is 2. The van der Waals surface area contributed by atoms with Crippen molar-refractivity contribution in [3.8, 4) is 0 Å². The van der Waals surface area contributed by atoms with Crippen LogP contribution in [-0.4, -0.2) is 84.4 Å². The van der Waals surface area contributed by atoms with Gasteiger partial charge in [0.25, 0.3) is 0 Å². The predicted octanol–water partition coefficient (Wildman–Crippen LogP) is -0.363. The Hall–Kier alpha value is -5.02. The van der Waals surface area contributed by atoms with Crippen LogP contribution >= 0.6 is 0 Å². The number of carbonyl (C=O) groups is 4. The Balaban J connectivity index is 1.53. The number of fused-ring (bicyclic) bond motifs is 1. The first-order chi connectivity index (χ1) is 21.2. The van der Waals surface area contributed by atoms with Crippen LogP contribution in [0.15, 0.2) is 55.5 Å². The molecule has 3 heterocycles. The number of amides is 3. The van der Waals surface area contributed by atoms with E-state index in [2.05, 4.69) is 40.9 Å². The third-order valence-corrected chi connectivity index (χ3v) is 7.24. The van der Waals surface area contributed by atoms with E-state index in [0.717, 1.165) is 16.5 Å². The summed E-state index contributed by atoms with van der Waals surface area (Å²) in [5, 5.41) is 18.7. The molecule has 4 rings (SSSR count). The molecule has 0 saturated carbocycles. The summed E-state index contributed by atoms with van der Waals surface area (Å²) in [6, 6.07) is 3.06. The number of nitrogens with two attached hydrogens (primary N) is 2. The number of aliphatic carboxylic acids is 1. The summed E-state index contributed by atoms with van der Waals surface area (Å²) in [7, 11) is 0. The van der Waals surface area contributed by atoms with E-state index in [9.17, 15) is 24.3 Å². The van der Waals surface area contributed by atoms with Crippen molar-refractivity contribution in [3.63, 3.8) is 0 Å². The molecule has 15 nitrogen and oxygen atoms in total. The van der Waals surface area contributed by atoms with Gasteiger partial charge in [0, 0.05) is 60.1 Å². The normalized spacial score (nSPS) is 14.0. The summed E-state index contributed by atoms with van der Waals surface area (Å²) in [6.07, 6.45) is 9.27. The molecule has 0 aliphatic heterocycles. The van der Waals surface area contributed by atoms with Crippen molar-refractivity contribution < 1.29 is 24.3 Å². The van der Waals surface area contributed by atoms with Gasteiger partial charge in [-0.3, -0.25) is 14.4 Å². The summed E-state index contributed by atoms with van der Waals surface area (Å²) in [5.41, 5.74) is 14.5. The van der Waals surface area contributed by atoms with Crippen LogP contribution in [0.5, 0.6) is 0 Å². The molecule has 234 valence electrons. The van der Waals surface area contributed by atoms with Crippen LogP contribution in [0.1, 0.15) is 36.2 Å². The van der Waals surface area contributed by atoms with Crippen LogP contribution < -0.4 is 27.4 Å². The number of hydrogen-bond donors (Lipinski definition) is 9. The van der Waals surface area contributed by atoms with Gasteiger partial charge in [-0.1, -0.05) is 18.2 Å². The molecule has 15 heteroatoms. The summed E-state index contributed by atoms with van der Waals surface area (Å²) in [6.45, 7) is 0.403. The summed E-state index contributed by atoms with van der Waals surface area (Å²) in [4.78, 5) is 69.0. The van der Waals surface area contributed by atoms with Gasteiger partial charge in [0.1, 0.15) is 18.1 Å². The minimum Gasteiger partial charge on any atom is -0.480 e. The van der Waals surface area contributed by atoms with Crippen molar-refractivity contribution in [1.82, 2.24) is 40.9 Å². The third kappa shape index (κ3) is 8.75. The molecular formula is C29H38N10O5. The van der Waals surface area contributed by atoms with Crippen molar-refractivity contribution in [3.05, 3.63) is 72.5 Å². The first-order valence-corrected chi connectivity index (χ1v) is 14.3. The Morgan fingerprint density at radius 1 is 0.795 bits per heavy atom. The Kier molecular flexibility index (Phi) is 11.2. The van der Waals surface area contributed by atoms with Crippen LogP contribution in [0, 0.1) is 0 Å². The highest BCUT2D eigenvalue weighted by Gasteiger charge is 2.31. The Bertz CT molecular complexity index is 1520. The molecule has 0 bridgehead atoms.